The molecule has 5 heteroatoms. The molecule has 0 saturated heterocycles. The number of hydrogen-bond acceptors (Lipinski definition) is 3. The van der Waals surface area contributed by atoms with E-state index in [2.05, 4.69) is 4.99 Å². The minimum Gasteiger partial charge on any atom is -0.481 e. The summed E-state index contributed by atoms with van der Waals surface area (Å²) in [4.78, 5) is 17.3. The van der Waals surface area contributed by atoms with Crippen LogP contribution in [0.25, 0.3) is 0 Å². The van der Waals surface area contributed by atoms with Gasteiger partial charge in [0.15, 0.2) is 4.80 Å². The number of aliphatic carboxylic acids is 1. The van der Waals surface area contributed by atoms with Gasteiger partial charge in [0.05, 0.1) is 11.6 Å². The van der Waals surface area contributed by atoms with Crippen LogP contribution in [0.1, 0.15) is 24.1 Å². The van der Waals surface area contributed by atoms with Crippen molar-refractivity contribution >= 4 is 23.0 Å². The van der Waals surface area contributed by atoms with Crippen LogP contribution in [0.5, 0.6) is 0 Å². The predicted molar refractivity (Wildman–Crippen MR) is 75.6 cm³/mol. The fourth-order valence-electron chi connectivity index (χ4n) is 1.82. The predicted octanol–water partition coefficient (Wildman–Crippen LogP) is 2.90. The molecule has 1 atom stereocenters. The van der Waals surface area contributed by atoms with Crippen molar-refractivity contribution in [2.75, 3.05) is 0 Å². The maximum Gasteiger partial charge on any atom is 0.311 e. The molecule has 0 fully saturated rings. The van der Waals surface area contributed by atoms with Gasteiger partial charge < -0.3 is 9.67 Å². The van der Waals surface area contributed by atoms with Gasteiger partial charge in [0.1, 0.15) is 0 Å². The first-order chi connectivity index (χ1) is 9.11. The average molecular weight is 276 g/mol. The number of aromatic nitrogens is 1. The van der Waals surface area contributed by atoms with Crippen molar-refractivity contribution in [3.05, 3.63) is 46.2 Å². The van der Waals surface area contributed by atoms with E-state index in [9.17, 15) is 9.90 Å². The Labute approximate surface area is 115 Å². The van der Waals surface area contributed by atoms with E-state index >= 15 is 0 Å². The van der Waals surface area contributed by atoms with Gasteiger partial charge in [0.25, 0.3) is 0 Å². The molecule has 1 heterocycles. The SMILES string of the molecule is CCC(C(=O)O)c1cn(C)c(=Nc2ccccc2)s1. The third-order valence-electron chi connectivity index (χ3n) is 2.86. The first-order valence-electron chi connectivity index (χ1n) is 6.10. The number of para-hydroxylation sites is 1. The van der Waals surface area contributed by atoms with E-state index in [0.29, 0.717) is 6.42 Å². The molecule has 0 spiro atoms. The van der Waals surface area contributed by atoms with Gasteiger partial charge >= 0.3 is 5.97 Å². The Balaban J connectivity index is 2.42. The van der Waals surface area contributed by atoms with Crippen LogP contribution in [0.15, 0.2) is 41.5 Å². The molecule has 1 aromatic carbocycles. The number of benzene rings is 1. The van der Waals surface area contributed by atoms with Crippen LogP contribution < -0.4 is 4.80 Å². The topological polar surface area (TPSA) is 54.6 Å². The average Bonchev–Trinajstić information content (AvgIpc) is 2.72. The monoisotopic (exact) mass is 276 g/mol. The van der Waals surface area contributed by atoms with Crippen LogP contribution in [0.4, 0.5) is 5.69 Å². The number of carbonyl (C=O) groups is 1. The molecule has 1 aromatic heterocycles. The Hall–Kier alpha value is -1.88. The van der Waals surface area contributed by atoms with Crippen LogP contribution in [-0.4, -0.2) is 15.6 Å². The summed E-state index contributed by atoms with van der Waals surface area (Å²) in [5, 5.41) is 9.18. The lowest BCUT2D eigenvalue weighted by atomic mass is 10.1. The highest BCUT2D eigenvalue weighted by molar-refractivity contribution is 7.09. The van der Waals surface area contributed by atoms with Gasteiger partial charge in [-0.25, -0.2) is 4.99 Å². The van der Waals surface area contributed by atoms with E-state index in [4.69, 9.17) is 0 Å². The standard InChI is InChI=1S/C14H16N2O2S/c1-3-11(13(17)18)12-9-16(2)14(19-12)15-10-7-5-4-6-8-10/h4-9,11H,3H2,1-2H3,(H,17,18). The molecule has 100 valence electrons. The smallest absolute Gasteiger partial charge is 0.311 e. The summed E-state index contributed by atoms with van der Waals surface area (Å²) in [7, 11) is 1.89. The number of nitrogens with zero attached hydrogens (tertiary/aromatic N) is 2. The molecule has 2 rings (SSSR count). The third kappa shape index (κ3) is 3.12. The first kappa shape index (κ1) is 13.5. The summed E-state index contributed by atoms with van der Waals surface area (Å²) < 4.78 is 1.87. The van der Waals surface area contributed by atoms with E-state index in [-0.39, 0.29) is 0 Å². The Morgan fingerprint density at radius 3 is 2.68 bits per heavy atom. The lowest BCUT2D eigenvalue weighted by Gasteiger charge is -2.04. The van der Waals surface area contributed by atoms with E-state index in [1.54, 1.807) is 0 Å². The van der Waals surface area contributed by atoms with Crippen molar-refractivity contribution in [1.82, 2.24) is 4.57 Å². The molecule has 19 heavy (non-hydrogen) atoms. The highest BCUT2D eigenvalue weighted by Crippen LogP contribution is 2.22. The summed E-state index contributed by atoms with van der Waals surface area (Å²) in [6, 6.07) is 9.65. The molecule has 1 N–H and O–H groups in total. The number of aryl methyl sites for hydroxylation is 1. The number of hydrogen-bond donors (Lipinski definition) is 1. The summed E-state index contributed by atoms with van der Waals surface area (Å²) in [6.45, 7) is 1.88. The second-order valence-electron chi connectivity index (χ2n) is 4.27. The van der Waals surface area contributed by atoms with Gasteiger partial charge in [0.2, 0.25) is 0 Å². The van der Waals surface area contributed by atoms with Gasteiger partial charge in [-0.3, -0.25) is 4.79 Å². The van der Waals surface area contributed by atoms with Gasteiger partial charge in [-0.05, 0) is 18.6 Å². The number of carboxylic acids is 1. The summed E-state index contributed by atoms with van der Waals surface area (Å²) in [5.41, 5.74) is 0.870. The number of carboxylic acid groups (broad SMARTS) is 1. The molecule has 2 aromatic rings. The van der Waals surface area contributed by atoms with Crippen molar-refractivity contribution < 1.29 is 9.90 Å². The highest BCUT2D eigenvalue weighted by Gasteiger charge is 2.19. The molecular weight excluding hydrogens is 260 g/mol. The minimum absolute atomic E-state index is 0.448. The molecule has 0 radical (unpaired) electrons. The van der Waals surface area contributed by atoms with E-state index in [1.807, 2.05) is 55.1 Å². The maximum atomic E-state index is 11.2. The lowest BCUT2D eigenvalue weighted by molar-refractivity contribution is -0.138. The second-order valence-corrected chi connectivity index (χ2v) is 5.31. The lowest BCUT2D eigenvalue weighted by Crippen LogP contribution is -2.08. The summed E-state index contributed by atoms with van der Waals surface area (Å²) in [5.74, 6) is -1.23. The van der Waals surface area contributed by atoms with Crippen LogP contribution in [0, 0.1) is 0 Å². The van der Waals surface area contributed by atoms with Crippen molar-refractivity contribution in [3.63, 3.8) is 0 Å². The zero-order valence-corrected chi connectivity index (χ0v) is 11.7. The fourth-order valence-corrected chi connectivity index (χ4v) is 3.00. The normalized spacial score (nSPS) is 13.5. The molecule has 0 saturated carbocycles. The number of thiazole rings is 1. The quantitative estimate of drug-likeness (QED) is 0.933. The maximum absolute atomic E-state index is 11.2. The summed E-state index contributed by atoms with van der Waals surface area (Å²) in [6.07, 6.45) is 2.44. The van der Waals surface area contributed by atoms with Crippen molar-refractivity contribution in [2.24, 2.45) is 12.0 Å². The van der Waals surface area contributed by atoms with Crippen LogP contribution >= 0.6 is 11.3 Å². The Kier molecular flexibility index (Phi) is 4.16. The van der Waals surface area contributed by atoms with Gasteiger partial charge in [-0.15, -0.1) is 11.3 Å². The van der Waals surface area contributed by atoms with Crippen molar-refractivity contribution in [2.45, 2.75) is 19.3 Å². The van der Waals surface area contributed by atoms with Crippen molar-refractivity contribution in [3.8, 4) is 0 Å². The van der Waals surface area contributed by atoms with E-state index < -0.39 is 11.9 Å². The van der Waals surface area contributed by atoms with Crippen LogP contribution in [-0.2, 0) is 11.8 Å². The van der Waals surface area contributed by atoms with E-state index in [1.165, 1.54) is 11.3 Å². The Bertz CT molecular complexity index is 628. The zero-order chi connectivity index (χ0) is 13.8. The fraction of sp³-hybridized carbons (Fsp3) is 0.286. The van der Waals surface area contributed by atoms with Crippen molar-refractivity contribution in [1.29, 1.82) is 0 Å². The largest absolute Gasteiger partial charge is 0.481 e. The third-order valence-corrected chi connectivity index (χ3v) is 4.05. The molecule has 4 nitrogen and oxygen atoms in total. The van der Waals surface area contributed by atoms with Gasteiger partial charge in [-0.2, -0.15) is 0 Å². The molecule has 0 aliphatic carbocycles. The molecule has 0 aliphatic rings. The minimum atomic E-state index is -0.782. The number of rotatable bonds is 4. The van der Waals surface area contributed by atoms with E-state index in [0.717, 1.165) is 15.4 Å². The molecule has 0 bridgehead atoms. The first-order valence-corrected chi connectivity index (χ1v) is 6.92. The van der Waals surface area contributed by atoms with Gasteiger partial charge in [-0.1, -0.05) is 25.1 Å². The second kappa shape index (κ2) is 5.84. The highest BCUT2D eigenvalue weighted by atomic mass is 32.1. The Morgan fingerprint density at radius 1 is 1.42 bits per heavy atom. The van der Waals surface area contributed by atoms with Crippen LogP contribution in [0.2, 0.25) is 0 Å². The molecular formula is C14H16N2O2S. The Morgan fingerprint density at radius 2 is 2.11 bits per heavy atom. The summed E-state index contributed by atoms with van der Waals surface area (Å²) >= 11 is 1.43. The van der Waals surface area contributed by atoms with Crippen LogP contribution in [0.3, 0.4) is 0 Å². The zero-order valence-electron chi connectivity index (χ0n) is 10.9. The molecule has 0 aliphatic heterocycles. The molecule has 0 amide bonds. The molecule has 1 unspecified atom stereocenters. The van der Waals surface area contributed by atoms with Gasteiger partial charge in [0, 0.05) is 18.1 Å².